The van der Waals surface area contributed by atoms with E-state index in [2.05, 4.69) is 20.0 Å². The summed E-state index contributed by atoms with van der Waals surface area (Å²) in [6.07, 6.45) is 7.05. The zero-order valence-corrected chi connectivity index (χ0v) is 12.8. The summed E-state index contributed by atoms with van der Waals surface area (Å²) in [4.78, 5) is 11.3. The summed E-state index contributed by atoms with van der Waals surface area (Å²) in [6.45, 7) is 1.71. The molecule has 1 fully saturated rings. The molecule has 4 heterocycles. The van der Waals surface area contributed by atoms with Gasteiger partial charge in [0.1, 0.15) is 5.01 Å². The molecule has 0 spiro atoms. The van der Waals surface area contributed by atoms with E-state index in [1.165, 1.54) is 17.8 Å². The van der Waals surface area contributed by atoms with Crippen LogP contribution in [-0.2, 0) is 6.54 Å². The van der Waals surface area contributed by atoms with Crippen molar-refractivity contribution in [2.45, 2.75) is 31.8 Å². The average Bonchev–Trinajstić information content (AvgIpc) is 3.30. The molecule has 1 aliphatic heterocycles. The highest BCUT2D eigenvalue weighted by Crippen LogP contribution is 2.33. The van der Waals surface area contributed by atoms with Crippen LogP contribution in [0.25, 0.3) is 11.7 Å². The highest BCUT2D eigenvalue weighted by atomic mass is 32.1. The van der Waals surface area contributed by atoms with E-state index in [0.717, 1.165) is 13.0 Å². The van der Waals surface area contributed by atoms with Crippen molar-refractivity contribution in [3.8, 4) is 11.7 Å². The third kappa shape index (κ3) is 2.69. The normalized spacial score (nSPS) is 19.5. The maximum atomic E-state index is 5.28. The minimum Gasteiger partial charge on any atom is -0.459 e. The number of hydrogen-bond acceptors (Lipinski definition) is 7. The van der Waals surface area contributed by atoms with Crippen LogP contribution in [0, 0.1) is 0 Å². The lowest BCUT2D eigenvalue weighted by Gasteiger charge is -2.33. The third-order valence-electron chi connectivity index (χ3n) is 3.89. The highest BCUT2D eigenvalue weighted by molar-refractivity contribution is 7.09. The summed E-state index contributed by atoms with van der Waals surface area (Å²) < 4.78 is 10.6. The van der Waals surface area contributed by atoms with Gasteiger partial charge in [-0.25, -0.2) is 4.98 Å². The van der Waals surface area contributed by atoms with Gasteiger partial charge in [-0.3, -0.25) is 4.90 Å². The van der Waals surface area contributed by atoms with Crippen molar-refractivity contribution in [3.63, 3.8) is 0 Å². The maximum absolute atomic E-state index is 5.28. The van der Waals surface area contributed by atoms with Crippen LogP contribution in [0.1, 0.15) is 36.1 Å². The molecular formula is C15H16N4O2S. The molecule has 6 nitrogen and oxygen atoms in total. The molecule has 0 saturated carbocycles. The van der Waals surface area contributed by atoms with Crippen LogP contribution >= 0.6 is 11.3 Å². The molecule has 3 aromatic heterocycles. The van der Waals surface area contributed by atoms with Gasteiger partial charge in [0.25, 0.3) is 5.89 Å². The Kier molecular flexibility index (Phi) is 3.74. The highest BCUT2D eigenvalue weighted by Gasteiger charge is 2.27. The minimum atomic E-state index is 0.360. The summed E-state index contributed by atoms with van der Waals surface area (Å²) in [5.41, 5.74) is 0. The second-order valence-electron chi connectivity index (χ2n) is 5.35. The number of thiazole rings is 1. The standard InChI is InChI=1S/C15H16N4O2S/c1-2-7-19(11(4-1)15-16-6-9-22-15)10-13-17-14(21-18-13)12-5-3-8-20-12/h3,5-6,8-9,11H,1-2,4,7,10H2/t11-/m0/s1. The molecule has 0 radical (unpaired) electrons. The first-order chi connectivity index (χ1) is 10.9. The third-order valence-corrected chi connectivity index (χ3v) is 4.77. The summed E-state index contributed by atoms with van der Waals surface area (Å²) in [7, 11) is 0. The first kappa shape index (κ1) is 13.7. The first-order valence-electron chi connectivity index (χ1n) is 7.40. The predicted molar refractivity (Wildman–Crippen MR) is 81.1 cm³/mol. The van der Waals surface area contributed by atoms with Gasteiger partial charge < -0.3 is 8.94 Å². The molecule has 0 unspecified atom stereocenters. The van der Waals surface area contributed by atoms with E-state index in [0.29, 0.717) is 30.1 Å². The van der Waals surface area contributed by atoms with Gasteiger partial charge in [0, 0.05) is 11.6 Å². The molecular weight excluding hydrogens is 300 g/mol. The van der Waals surface area contributed by atoms with E-state index in [9.17, 15) is 0 Å². The van der Waals surface area contributed by atoms with Crippen molar-refractivity contribution >= 4 is 11.3 Å². The van der Waals surface area contributed by atoms with E-state index in [4.69, 9.17) is 8.94 Å². The van der Waals surface area contributed by atoms with Crippen molar-refractivity contribution in [2.75, 3.05) is 6.54 Å². The summed E-state index contributed by atoms with van der Waals surface area (Å²) >= 11 is 1.71. The fourth-order valence-electron chi connectivity index (χ4n) is 2.86. The van der Waals surface area contributed by atoms with Crippen molar-refractivity contribution in [2.24, 2.45) is 0 Å². The Bertz CT molecular complexity index is 708. The van der Waals surface area contributed by atoms with Crippen LogP contribution < -0.4 is 0 Å². The lowest BCUT2D eigenvalue weighted by molar-refractivity contribution is 0.135. The summed E-state index contributed by atoms with van der Waals surface area (Å²) in [6, 6.07) is 3.98. The Morgan fingerprint density at radius 2 is 2.36 bits per heavy atom. The molecule has 22 heavy (non-hydrogen) atoms. The van der Waals surface area contributed by atoms with Crippen molar-refractivity contribution in [1.29, 1.82) is 0 Å². The second-order valence-corrected chi connectivity index (χ2v) is 6.27. The second kappa shape index (κ2) is 6.02. The van der Waals surface area contributed by atoms with Crippen LogP contribution in [0.3, 0.4) is 0 Å². The maximum Gasteiger partial charge on any atom is 0.293 e. The minimum absolute atomic E-state index is 0.360. The molecule has 0 aliphatic carbocycles. The van der Waals surface area contributed by atoms with Gasteiger partial charge in [-0.15, -0.1) is 11.3 Å². The number of piperidine rings is 1. The van der Waals surface area contributed by atoms with E-state index in [-0.39, 0.29) is 0 Å². The number of hydrogen-bond donors (Lipinski definition) is 0. The van der Waals surface area contributed by atoms with Crippen LogP contribution in [-0.4, -0.2) is 26.6 Å². The molecule has 1 aliphatic rings. The Morgan fingerprint density at radius 3 is 3.18 bits per heavy atom. The fraction of sp³-hybridized carbons (Fsp3) is 0.400. The van der Waals surface area contributed by atoms with E-state index in [1.54, 1.807) is 17.6 Å². The number of rotatable bonds is 4. The Hall–Kier alpha value is -1.99. The van der Waals surface area contributed by atoms with Gasteiger partial charge >= 0.3 is 0 Å². The number of furan rings is 1. The fourth-order valence-corrected chi connectivity index (χ4v) is 3.67. The molecule has 0 aromatic carbocycles. The number of aromatic nitrogens is 3. The smallest absolute Gasteiger partial charge is 0.293 e. The van der Waals surface area contributed by atoms with Gasteiger partial charge in [-0.2, -0.15) is 4.98 Å². The Labute approximate surface area is 131 Å². The van der Waals surface area contributed by atoms with Crippen LogP contribution in [0.15, 0.2) is 38.9 Å². The Balaban J connectivity index is 1.52. The quantitative estimate of drug-likeness (QED) is 0.733. The van der Waals surface area contributed by atoms with Crippen molar-refractivity contribution < 1.29 is 8.94 Å². The molecule has 3 aromatic rings. The van der Waals surface area contributed by atoms with Crippen LogP contribution in [0.4, 0.5) is 0 Å². The zero-order valence-electron chi connectivity index (χ0n) is 12.0. The zero-order chi connectivity index (χ0) is 14.8. The molecule has 114 valence electrons. The molecule has 0 bridgehead atoms. The first-order valence-corrected chi connectivity index (χ1v) is 8.28. The van der Waals surface area contributed by atoms with Crippen LogP contribution in [0.5, 0.6) is 0 Å². The van der Waals surface area contributed by atoms with Gasteiger partial charge in [0.05, 0.1) is 18.8 Å². The summed E-state index contributed by atoms with van der Waals surface area (Å²) in [5, 5.41) is 7.29. The summed E-state index contributed by atoms with van der Waals surface area (Å²) in [5.74, 6) is 1.73. The lowest BCUT2D eigenvalue weighted by Crippen LogP contribution is -2.33. The average molecular weight is 316 g/mol. The van der Waals surface area contributed by atoms with E-state index >= 15 is 0 Å². The van der Waals surface area contributed by atoms with Gasteiger partial charge in [-0.05, 0) is 31.5 Å². The van der Waals surface area contributed by atoms with Crippen molar-refractivity contribution in [3.05, 3.63) is 40.8 Å². The molecule has 1 saturated heterocycles. The van der Waals surface area contributed by atoms with E-state index in [1.807, 2.05) is 23.7 Å². The van der Waals surface area contributed by atoms with Gasteiger partial charge in [0.2, 0.25) is 0 Å². The molecule has 1 atom stereocenters. The van der Waals surface area contributed by atoms with E-state index < -0.39 is 0 Å². The monoisotopic (exact) mass is 316 g/mol. The number of nitrogens with zero attached hydrogens (tertiary/aromatic N) is 4. The molecule has 7 heteroatoms. The SMILES string of the molecule is c1coc(-c2nc(CN3CCCC[C@H]3c3nccs3)no2)c1. The largest absolute Gasteiger partial charge is 0.459 e. The van der Waals surface area contributed by atoms with Crippen LogP contribution in [0.2, 0.25) is 0 Å². The van der Waals surface area contributed by atoms with Gasteiger partial charge in [-0.1, -0.05) is 11.6 Å². The lowest BCUT2D eigenvalue weighted by atomic mass is 10.0. The predicted octanol–water partition coefficient (Wildman–Crippen LogP) is 3.51. The molecule has 4 rings (SSSR count). The Morgan fingerprint density at radius 1 is 1.36 bits per heavy atom. The molecule has 0 amide bonds. The topological polar surface area (TPSA) is 68.2 Å². The van der Waals surface area contributed by atoms with Gasteiger partial charge in [0.15, 0.2) is 11.6 Å². The molecule has 0 N–H and O–H groups in total. The number of likely N-dealkylation sites (tertiary alicyclic amines) is 1. The van der Waals surface area contributed by atoms with Crippen molar-refractivity contribution in [1.82, 2.24) is 20.0 Å².